The molecule has 0 unspecified atom stereocenters. The van der Waals surface area contributed by atoms with Crippen LogP contribution in [0.5, 0.6) is 0 Å². The van der Waals surface area contributed by atoms with Crippen molar-refractivity contribution in [2.75, 3.05) is 0 Å². The smallest absolute Gasteiger partial charge is 0.219 e. The summed E-state index contributed by atoms with van der Waals surface area (Å²) in [6.45, 7) is 0.420. The number of hydrogen-bond donors (Lipinski definition) is 1. The van der Waals surface area contributed by atoms with Crippen molar-refractivity contribution >= 4 is 12.2 Å². The molecule has 0 bridgehead atoms. The summed E-state index contributed by atoms with van der Waals surface area (Å²) in [6, 6.07) is 1.58. The molecule has 2 N–H and O–H groups in total. The van der Waals surface area contributed by atoms with Crippen molar-refractivity contribution in [2.24, 2.45) is 5.73 Å². The number of aldehydes is 1. The molecule has 0 fully saturated rings. The van der Waals surface area contributed by atoms with E-state index in [2.05, 4.69) is 5.10 Å². The van der Waals surface area contributed by atoms with Gasteiger partial charge in [0.05, 0.1) is 0 Å². The normalized spacial score (nSPS) is 9.67. The van der Waals surface area contributed by atoms with Gasteiger partial charge in [-0.25, -0.2) is 0 Å². The van der Waals surface area contributed by atoms with E-state index in [1.54, 1.807) is 12.3 Å². The van der Waals surface area contributed by atoms with Crippen LogP contribution < -0.4 is 5.73 Å². The Hall–Kier alpha value is -1.65. The highest BCUT2D eigenvalue weighted by atomic mass is 16.1. The zero-order chi connectivity index (χ0) is 8.97. The number of aryl methyl sites for hydroxylation is 1. The van der Waals surface area contributed by atoms with Gasteiger partial charge in [-0.2, -0.15) is 5.10 Å². The number of hydrogen-bond acceptors (Lipinski definition) is 3. The highest BCUT2D eigenvalue weighted by molar-refractivity contribution is 5.73. The highest BCUT2D eigenvalue weighted by Gasteiger charge is 1.98. The highest BCUT2D eigenvalue weighted by Crippen LogP contribution is 1.93. The second-order valence-corrected chi connectivity index (χ2v) is 2.34. The Morgan fingerprint density at radius 1 is 1.75 bits per heavy atom. The maximum absolute atomic E-state index is 10.4. The fourth-order valence-corrected chi connectivity index (χ4v) is 0.790. The average Bonchev–Trinajstić information content (AvgIpc) is 2.48. The predicted molar refractivity (Wildman–Crippen MR) is 41.4 cm³/mol. The van der Waals surface area contributed by atoms with Gasteiger partial charge in [-0.15, -0.1) is 0 Å². The van der Waals surface area contributed by atoms with Gasteiger partial charge in [0, 0.05) is 19.2 Å². The number of amides is 1. The Kier molecular flexibility index (Phi) is 2.57. The molecule has 5 heteroatoms. The van der Waals surface area contributed by atoms with Crippen LogP contribution in [-0.4, -0.2) is 22.0 Å². The lowest BCUT2D eigenvalue weighted by Gasteiger charge is -1.96. The van der Waals surface area contributed by atoms with Crippen LogP contribution in [0.3, 0.4) is 0 Å². The summed E-state index contributed by atoms with van der Waals surface area (Å²) in [6.07, 6.45) is 2.52. The fraction of sp³-hybridized carbons (Fsp3) is 0.286. The molecule has 0 atom stereocenters. The summed E-state index contributed by atoms with van der Waals surface area (Å²) in [5, 5.41) is 3.84. The van der Waals surface area contributed by atoms with Crippen molar-refractivity contribution in [3.05, 3.63) is 18.0 Å². The van der Waals surface area contributed by atoms with Gasteiger partial charge in [0.1, 0.15) is 5.69 Å². The van der Waals surface area contributed by atoms with Gasteiger partial charge < -0.3 is 5.73 Å². The molecule has 12 heavy (non-hydrogen) atoms. The van der Waals surface area contributed by atoms with Crippen LogP contribution in [0.1, 0.15) is 16.9 Å². The standard InChI is InChI=1S/C7H9N3O2/c8-7(12)2-4-10-3-1-6(5-11)9-10/h1,3,5H,2,4H2,(H2,8,12). The number of carbonyl (C=O) groups is 2. The quantitative estimate of drug-likeness (QED) is 0.618. The Morgan fingerprint density at radius 3 is 3.00 bits per heavy atom. The molecule has 1 aromatic rings. The van der Waals surface area contributed by atoms with Crippen LogP contribution >= 0.6 is 0 Å². The first-order valence-corrected chi connectivity index (χ1v) is 3.49. The van der Waals surface area contributed by atoms with Gasteiger partial charge >= 0.3 is 0 Å². The van der Waals surface area contributed by atoms with E-state index < -0.39 is 0 Å². The van der Waals surface area contributed by atoms with Crippen LogP contribution in [0, 0.1) is 0 Å². The second-order valence-electron chi connectivity index (χ2n) is 2.34. The molecule has 0 aliphatic carbocycles. The predicted octanol–water partition coefficient (Wildman–Crippen LogP) is -0.429. The summed E-state index contributed by atoms with van der Waals surface area (Å²) in [4.78, 5) is 20.6. The van der Waals surface area contributed by atoms with E-state index in [0.29, 0.717) is 18.5 Å². The fourth-order valence-electron chi connectivity index (χ4n) is 0.790. The van der Waals surface area contributed by atoms with Gasteiger partial charge in [0.25, 0.3) is 0 Å². The molecule has 5 nitrogen and oxygen atoms in total. The maximum Gasteiger partial charge on any atom is 0.219 e. The lowest BCUT2D eigenvalue weighted by atomic mass is 10.4. The largest absolute Gasteiger partial charge is 0.370 e. The molecule has 1 rings (SSSR count). The zero-order valence-electron chi connectivity index (χ0n) is 6.43. The minimum absolute atomic E-state index is 0.236. The molecular formula is C7H9N3O2. The van der Waals surface area contributed by atoms with Gasteiger partial charge in [0.15, 0.2) is 6.29 Å². The number of aromatic nitrogens is 2. The number of primary amides is 1. The Balaban J connectivity index is 2.52. The minimum Gasteiger partial charge on any atom is -0.370 e. The molecule has 0 aliphatic rings. The molecule has 0 aliphatic heterocycles. The van der Waals surface area contributed by atoms with Crippen LogP contribution in [0.15, 0.2) is 12.3 Å². The maximum atomic E-state index is 10.4. The van der Waals surface area contributed by atoms with Crippen LogP contribution in [0.2, 0.25) is 0 Å². The van der Waals surface area contributed by atoms with Gasteiger partial charge in [-0.1, -0.05) is 0 Å². The summed E-state index contributed by atoms with van der Waals surface area (Å²) < 4.78 is 1.51. The Bertz CT molecular complexity index is 293. The molecule has 1 amide bonds. The van der Waals surface area contributed by atoms with E-state index in [4.69, 9.17) is 5.73 Å². The minimum atomic E-state index is -0.377. The average molecular weight is 167 g/mol. The first-order chi connectivity index (χ1) is 5.72. The molecule has 1 aromatic heterocycles. The molecular weight excluding hydrogens is 158 g/mol. The Morgan fingerprint density at radius 2 is 2.50 bits per heavy atom. The first-order valence-electron chi connectivity index (χ1n) is 3.49. The summed E-state index contributed by atoms with van der Waals surface area (Å²) in [5.74, 6) is -0.377. The summed E-state index contributed by atoms with van der Waals surface area (Å²) in [7, 11) is 0. The second kappa shape index (κ2) is 3.66. The third-order valence-corrected chi connectivity index (χ3v) is 1.37. The Labute approximate surface area is 69.2 Å². The zero-order valence-corrected chi connectivity index (χ0v) is 6.43. The van der Waals surface area contributed by atoms with Crippen molar-refractivity contribution in [3.63, 3.8) is 0 Å². The monoisotopic (exact) mass is 167 g/mol. The van der Waals surface area contributed by atoms with Crippen molar-refractivity contribution in [3.8, 4) is 0 Å². The number of nitrogens with two attached hydrogens (primary N) is 1. The summed E-state index contributed by atoms with van der Waals surface area (Å²) in [5.41, 5.74) is 5.29. The molecule has 0 spiro atoms. The van der Waals surface area contributed by atoms with Crippen molar-refractivity contribution < 1.29 is 9.59 Å². The van der Waals surface area contributed by atoms with E-state index in [1.807, 2.05) is 0 Å². The van der Waals surface area contributed by atoms with E-state index in [0.717, 1.165) is 0 Å². The number of rotatable bonds is 4. The topological polar surface area (TPSA) is 78.0 Å². The van der Waals surface area contributed by atoms with Gasteiger partial charge in [-0.05, 0) is 6.07 Å². The molecule has 64 valence electrons. The van der Waals surface area contributed by atoms with Crippen LogP contribution in [-0.2, 0) is 11.3 Å². The molecule has 0 saturated carbocycles. The SMILES string of the molecule is NC(=O)CCn1ccc(C=O)n1. The van der Waals surface area contributed by atoms with E-state index in [-0.39, 0.29) is 12.3 Å². The molecule has 0 saturated heterocycles. The van der Waals surface area contributed by atoms with E-state index in [1.165, 1.54) is 4.68 Å². The van der Waals surface area contributed by atoms with Crippen molar-refractivity contribution in [2.45, 2.75) is 13.0 Å². The van der Waals surface area contributed by atoms with E-state index >= 15 is 0 Å². The third-order valence-electron chi connectivity index (χ3n) is 1.37. The molecule has 1 heterocycles. The lowest BCUT2D eigenvalue weighted by Crippen LogP contribution is -2.14. The number of carbonyl (C=O) groups excluding carboxylic acids is 2. The molecule has 0 radical (unpaired) electrons. The first kappa shape index (κ1) is 8.45. The summed E-state index contributed by atoms with van der Waals surface area (Å²) >= 11 is 0. The third kappa shape index (κ3) is 2.19. The van der Waals surface area contributed by atoms with Crippen LogP contribution in [0.4, 0.5) is 0 Å². The lowest BCUT2D eigenvalue weighted by molar-refractivity contribution is -0.118. The van der Waals surface area contributed by atoms with Crippen molar-refractivity contribution in [1.29, 1.82) is 0 Å². The van der Waals surface area contributed by atoms with Crippen molar-refractivity contribution in [1.82, 2.24) is 9.78 Å². The van der Waals surface area contributed by atoms with E-state index in [9.17, 15) is 9.59 Å². The molecule has 0 aromatic carbocycles. The van der Waals surface area contributed by atoms with Gasteiger partial charge in [0.2, 0.25) is 5.91 Å². The number of nitrogens with zero attached hydrogens (tertiary/aromatic N) is 2. The van der Waals surface area contributed by atoms with Crippen LogP contribution in [0.25, 0.3) is 0 Å². The van der Waals surface area contributed by atoms with Gasteiger partial charge in [-0.3, -0.25) is 14.3 Å².